The van der Waals surface area contributed by atoms with Crippen LogP contribution in [0.5, 0.6) is 0 Å². The lowest BCUT2D eigenvalue weighted by Gasteiger charge is -2.01. The van der Waals surface area contributed by atoms with Crippen LogP contribution >= 0.6 is 11.6 Å². The molecular weight excluding hydrogens is 288 g/mol. The van der Waals surface area contributed by atoms with Crippen LogP contribution in [0.1, 0.15) is 21.7 Å². The first-order valence-corrected chi connectivity index (χ1v) is 6.96. The SMILES string of the molecule is O=C(O)c1c(CCc2ccccc2)nc2ccc(Cl)cn12. The summed E-state index contributed by atoms with van der Waals surface area (Å²) < 4.78 is 1.53. The molecule has 0 unspecified atom stereocenters. The number of aromatic nitrogens is 2. The van der Waals surface area contributed by atoms with Crippen LogP contribution in [0.25, 0.3) is 5.65 Å². The van der Waals surface area contributed by atoms with E-state index in [9.17, 15) is 9.90 Å². The molecule has 4 nitrogen and oxygen atoms in total. The summed E-state index contributed by atoms with van der Waals surface area (Å²) in [6.07, 6.45) is 2.91. The zero-order valence-electron chi connectivity index (χ0n) is 11.2. The number of hydrogen-bond acceptors (Lipinski definition) is 2. The van der Waals surface area contributed by atoms with Crippen molar-refractivity contribution in [2.24, 2.45) is 0 Å². The van der Waals surface area contributed by atoms with Gasteiger partial charge in [-0.1, -0.05) is 41.9 Å². The topological polar surface area (TPSA) is 54.6 Å². The Bertz CT molecular complexity index is 797. The van der Waals surface area contributed by atoms with Gasteiger partial charge in [0.05, 0.1) is 10.7 Å². The molecule has 0 spiro atoms. The number of benzene rings is 1. The minimum Gasteiger partial charge on any atom is -0.477 e. The van der Waals surface area contributed by atoms with Crippen molar-refractivity contribution in [1.29, 1.82) is 0 Å². The van der Waals surface area contributed by atoms with E-state index in [2.05, 4.69) is 4.98 Å². The molecule has 1 N–H and O–H groups in total. The van der Waals surface area contributed by atoms with Gasteiger partial charge < -0.3 is 5.11 Å². The van der Waals surface area contributed by atoms with Gasteiger partial charge in [-0.25, -0.2) is 9.78 Å². The second-order valence-corrected chi connectivity index (χ2v) is 5.21. The Morgan fingerprint density at radius 1 is 1.14 bits per heavy atom. The van der Waals surface area contributed by atoms with Crippen molar-refractivity contribution in [3.05, 3.63) is 70.6 Å². The smallest absolute Gasteiger partial charge is 0.354 e. The van der Waals surface area contributed by atoms with Gasteiger partial charge in [0.25, 0.3) is 0 Å². The molecule has 0 saturated carbocycles. The molecule has 1 aromatic carbocycles. The molecule has 0 saturated heterocycles. The van der Waals surface area contributed by atoms with Crippen LogP contribution in [-0.4, -0.2) is 20.5 Å². The molecule has 5 heteroatoms. The van der Waals surface area contributed by atoms with Gasteiger partial charge in [-0.3, -0.25) is 4.40 Å². The predicted molar refractivity (Wildman–Crippen MR) is 81.0 cm³/mol. The molecule has 0 fully saturated rings. The van der Waals surface area contributed by atoms with E-state index in [0.717, 1.165) is 12.0 Å². The number of carboxylic acid groups (broad SMARTS) is 1. The van der Waals surface area contributed by atoms with Crippen molar-refractivity contribution in [3.63, 3.8) is 0 Å². The van der Waals surface area contributed by atoms with Crippen LogP contribution in [0.4, 0.5) is 0 Å². The number of carbonyl (C=O) groups is 1. The zero-order chi connectivity index (χ0) is 14.8. The average molecular weight is 301 g/mol. The highest BCUT2D eigenvalue weighted by atomic mass is 35.5. The fraction of sp³-hybridized carbons (Fsp3) is 0.125. The van der Waals surface area contributed by atoms with Gasteiger partial charge in [-0.2, -0.15) is 0 Å². The highest BCUT2D eigenvalue weighted by molar-refractivity contribution is 6.30. The molecule has 0 atom stereocenters. The average Bonchev–Trinajstić information content (AvgIpc) is 2.84. The summed E-state index contributed by atoms with van der Waals surface area (Å²) in [5.41, 5.74) is 2.51. The summed E-state index contributed by atoms with van der Waals surface area (Å²) in [5.74, 6) is -0.993. The highest BCUT2D eigenvalue weighted by Crippen LogP contribution is 2.18. The third-order valence-corrected chi connectivity index (χ3v) is 3.57. The van der Waals surface area contributed by atoms with Crippen LogP contribution in [0.2, 0.25) is 5.02 Å². The Kier molecular flexibility index (Phi) is 3.62. The van der Waals surface area contributed by atoms with Crippen LogP contribution in [-0.2, 0) is 12.8 Å². The monoisotopic (exact) mass is 300 g/mol. The number of imidazole rings is 1. The van der Waals surface area contributed by atoms with Crippen molar-refractivity contribution in [3.8, 4) is 0 Å². The lowest BCUT2D eigenvalue weighted by molar-refractivity contribution is 0.0688. The van der Waals surface area contributed by atoms with Gasteiger partial charge in [-0.15, -0.1) is 0 Å². The molecule has 3 rings (SSSR count). The second-order valence-electron chi connectivity index (χ2n) is 4.77. The fourth-order valence-electron chi connectivity index (χ4n) is 2.38. The summed E-state index contributed by atoms with van der Waals surface area (Å²) >= 11 is 5.94. The molecule has 0 aliphatic rings. The Morgan fingerprint density at radius 3 is 2.62 bits per heavy atom. The first kappa shape index (κ1) is 13.6. The summed E-state index contributed by atoms with van der Waals surface area (Å²) in [6.45, 7) is 0. The van der Waals surface area contributed by atoms with Gasteiger partial charge in [0.2, 0.25) is 0 Å². The van der Waals surface area contributed by atoms with Crippen molar-refractivity contribution in [2.45, 2.75) is 12.8 Å². The summed E-state index contributed by atoms with van der Waals surface area (Å²) in [4.78, 5) is 15.9. The Labute approximate surface area is 126 Å². The standard InChI is InChI=1S/C16H13ClN2O2/c17-12-7-9-14-18-13(15(16(20)21)19(14)10-12)8-6-11-4-2-1-3-5-11/h1-5,7,9-10H,6,8H2,(H,20,21). The van der Waals surface area contributed by atoms with Crippen LogP contribution < -0.4 is 0 Å². The lowest BCUT2D eigenvalue weighted by Crippen LogP contribution is -2.06. The van der Waals surface area contributed by atoms with Gasteiger partial charge >= 0.3 is 5.97 Å². The summed E-state index contributed by atoms with van der Waals surface area (Å²) in [7, 11) is 0. The predicted octanol–water partition coefficient (Wildman–Crippen LogP) is 3.47. The summed E-state index contributed by atoms with van der Waals surface area (Å²) in [5, 5.41) is 9.92. The zero-order valence-corrected chi connectivity index (χ0v) is 11.9. The number of hydrogen-bond donors (Lipinski definition) is 1. The molecule has 106 valence electrons. The van der Waals surface area contributed by atoms with E-state index in [1.165, 1.54) is 4.40 Å². The molecule has 0 bridgehead atoms. The molecule has 3 aromatic rings. The Hall–Kier alpha value is -2.33. The number of nitrogens with zero attached hydrogens (tertiary/aromatic N) is 2. The Morgan fingerprint density at radius 2 is 1.90 bits per heavy atom. The fourth-order valence-corrected chi connectivity index (χ4v) is 2.54. The molecule has 2 aromatic heterocycles. The third-order valence-electron chi connectivity index (χ3n) is 3.35. The van der Waals surface area contributed by atoms with E-state index >= 15 is 0 Å². The maximum atomic E-state index is 11.5. The maximum absolute atomic E-state index is 11.5. The number of rotatable bonds is 4. The maximum Gasteiger partial charge on any atom is 0.354 e. The summed E-state index contributed by atoms with van der Waals surface area (Å²) in [6, 6.07) is 13.4. The van der Waals surface area contributed by atoms with Gasteiger partial charge in [0.15, 0.2) is 5.69 Å². The minimum absolute atomic E-state index is 0.184. The van der Waals surface area contributed by atoms with Crippen LogP contribution in [0.3, 0.4) is 0 Å². The molecule has 0 amide bonds. The first-order valence-electron chi connectivity index (χ1n) is 6.59. The van der Waals surface area contributed by atoms with Crippen molar-refractivity contribution in [1.82, 2.24) is 9.38 Å². The number of fused-ring (bicyclic) bond motifs is 1. The van der Waals surface area contributed by atoms with Crippen LogP contribution in [0.15, 0.2) is 48.7 Å². The Balaban J connectivity index is 1.98. The molecule has 2 heterocycles. The van der Waals surface area contributed by atoms with E-state index < -0.39 is 5.97 Å². The van der Waals surface area contributed by atoms with E-state index in [1.807, 2.05) is 30.3 Å². The van der Waals surface area contributed by atoms with E-state index in [-0.39, 0.29) is 5.69 Å². The number of aromatic carboxylic acids is 1. The van der Waals surface area contributed by atoms with Crippen molar-refractivity contribution < 1.29 is 9.90 Å². The lowest BCUT2D eigenvalue weighted by atomic mass is 10.1. The number of halogens is 1. The van der Waals surface area contributed by atoms with Crippen LogP contribution in [0, 0.1) is 0 Å². The molecule has 21 heavy (non-hydrogen) atoms. The first-order chi connectivity index (χ1) is 10.1. The second kappa shape index (κ2) is 5.58. The number of pyridine rings is 1. The highest BCUT2D eigenvalue weighted by Gasteiger charge is 2.18. The van der Waals surface area contributed by atoms with Crippen molar-refractivity contribution in [2.75, 3.05) is 0 Å². The van der Waals surface area contributed by atoms with Crippen molar-refractivity contribution >= 4 is 23.2 Å². The van der Waals surface area contributed by atoms with Gasteiger partial charge in [0.1, 0.15) is 5.65 Å². The largest absolute Gasteiger partial charge is 0.477 e. The minimum atomic E-state index is -0.993. The molecule has 0 aliphatic heterocycles. The molecule has 0 aliphatic carbocycles. The quantitative estimate of drug-likeness (QED) is 0.802. The van der Waals surface area contributed by atoms with Gasteiger partial charge in [-0.05, 0) is 30.5 Å². The normalized spacial score (nSPS) is 10.9. The third kappa shape index (κ3) is 2.76. The van der Waals surface area contributed by atoms with Gasteiger partial charge in [0, 0.05) is 6.20 Å². The molecular formula is C16H13ClN2O2. The van der Waals surface area contributed by atoms with E-state index in [0.29, 0.717) is 22.8 Å². The number of aryl methyl sites for hydroxylation is 2. The van der Waals surface area contributed by atoms with E-state index in [1.54, 1.807) is 18.3 Å². The molecule has 0 radical (unpaired) electrons. The van der Waals surface area contributed by atoms with E-state index in [4.69, 9.17) is 11.6 Å². The number of carboxylic acids is 1.